The lowest BCUT2D eigenvalue weighted by atomic mass is 10.4. The minimum atomic E-state index is -0.357. The monoisotopic (exact) mass is 166 g/mol. The zero-order valence-electron chi connectivity index (χ0n) is 6.95. The first-order valence-electron chi connectivity index (χ1n) is 3.58. The summed E-state index contributed by atoms with van der Waals surface area (Å²) in [6.45, 7) is 3.58. The first kappa shape index (κ1) is 8.80. The fraction of sp³-hybridized carbons (Fsp3) is 0.250. The maximum absolute atomic E-state index is 5.41. The van der Waals surface area contributed by atoms with Crippen LogP contribution in [0.15, 0.2) is 18.2 Å². The Balaban J connectivity index is 2.72. The summed E-state index contributed by atoms with van der Waals surface area (Å²) in [6, 6.07) is 5.39. The van der Waals surface area contributed by atoms with Gasteiger partial charge in [-0.25, -0.2) is 0 Å². The van der Waals surface area contributed by atoms with Crippen LogP contribution >= 0.6 is 0 Å². The maximum Gasteiger partial charge on any atom is 0.214 e. The third kappa shape index (κ3) is 2.39. The Bertz CT molecular complexity index is 250. The van der Waals surface area contributed by atoms with E-state index in [0.717, 1.165) is 0 Å². The highest BCUT2D eigenvalue weighted by Gasteiger charge is 1.97. The number of nitrogens with one attached hydrogen (secondary N) is 1. The van der Waals surface area contributed by atoms with Crippen LogP contribution in [0, 0.1) is 6.92 Å². The van der Waals surface area contributed by atoms with Crippen LogP contribution in [-0.2, 0) is 0 Å². The summed E-state index contributed by atoms with van der Waals surface area (Å²) in [5.74, 6) is 1.22. The molecule has 1 aromatic rings. The van der Waals surface area contributed by atoms with E-state index in [1.54, 1.807) is 19.2 Å². The van der Waals surface area contributed by atoms with Gasteiger partial charge in [-0.3, -0.25) is 0 Å². The molecule has 1 rings (SSSR count). The van der Waals surface area contributed by atoms with Gasteiger partial charge in [0.05, 0.1) is 13.3 Å². The number of hydrogen-bond acceptors (Lipinski definition) is 4. The molecule has 0 spiro atoms. The molecule has 0 saturated carbocycles. The topological polar surface area (TPSA) is 60.2 Å². The van der Waals surface area contributed by atoms with Crippen molar-refractivity contribution in [3.05, 3.63) is 25.1 Å². The second-order valence-corrected chi connectivity index (χ2v) is 2.32. The summed E-state index contributed by atoms with van der Waals surface area (Å²) in [4.78, 5) is 4.08. The lowest BCUT2D eigenvalue weighted by molar-refractivity contribution is 0.398. The Labute approximate surface area is 71.7 Å². The molecule has 0 bridgehead atoms. The molecule has 0 aliphatic heterocycles. The summed E-state index contributed by atoms with van der Waals surface area (Å²) in [5, 5.41) is 2.86. The SMILES string of the molecule is [CH2]C(N)Nc1cccc(OC)n1. The average Bonchev–Trinajstić information content (AvgIpc) is 2.03. The van der Waals surface area contributed by atoms with E-state index in [2.05, 4.69) is 17.2 Å². The number of methoxy groups -OCH3 is 1. The molecular weight excluding hydrogens is 154 g/mol. The van der Waals surface area contributed by atoms with Gasteiger partial charge in [0.15, 0.2) is 0 Å². The van der Waals surface area contributed by atoms with E-state index in [-0.39, 0.29) is 6.17 Å². The molecule has 4 nitrogen and oxygen atoms in total. The normalized spacial score (nSPS) is 12.2. The molecule has 0 saturated heterocycles. The predicted octanol–water partition coefficient (Wildman–Crippen LogP) is 0.621. The number of anilines is 1. The van der Waals surface area contributed by atoms with Crippen molar-refractivity contribution in [3.8, 4) is 5.88 Å². The number of pyridine rings is 1. The molecule has 1 aromatic heterocycles. The molecule has 1 heterocycles. The molecule has 0 aliphatic rings. The maximum atomic E-state index is 5.41. The Hall–Kier alpha value is -1.29. The second kappa shape index (κ2) is 3.92. The molecule has 3 N–H and O–H groups in total. The molecule has 4 heteroatoms. The molecule has 65 valence electrons. The number of aromatic nitrogens is 1. The highest BCUT2D eigenvalue weighted by Crippen LogP contribution is 2.10. The molecule has 1 unspecified atom stereocenters. The third-order valence-electron chi connectivity index (χ3n) is 1.27. The van der Waals surface area contributed by atoms with E-state index in [1.807, 2.05) is 6.07 Å². The van der Waals surface area contributed by atoms with Crippen LogP contribution in [0.25, 0.3) is 0 Å². The largest absolute Gasteiger partial charge is 0.481 e. The van der Waals surface area contributed by atoms with E-state index in [4.69, 9.17) is 10.5 Å². The van der Waals surface area contributed by atoms with Crippen LogP contribution in [0.1, 0.15) is 0 Å². The van der Waals surface area contributed by atoms with Crippen LogP contribution in [0.2, 0.25) is 0 Å². The van der Waals surface area contributed by atoms with Crippen molar-refractivity contribution in [2.24, 2.45) is 5.73 Å². The minimum absolute atomic E-state index is 0.357. The molecule has 1 atom stereocenters. The Morgan fingerprint density at radius 3 is 3.00 bits per heavy atom. The summed E-state index contributed by atoms with van der Waals surface area (Å²) < 4.78 is 4.92. The Morgan fingerprint density at radius 1 is 1.67 bits per heavy atom. The van der Waals surface area contributed by atoms with Crippen molar-refractivity contribution < 1.29 is 4.74 Å². The smallest absolute Gasteiger partial charge is 0.214 e. The van der Waals surface area contributed by atoms with E-state index in [9.17, 15) is 0 Å². The van der Waals surface area contributed by atoms with Gasteiger partial charge in [0.2, 0.25) is 5.88 Å². The average molecular weight is 166 g/mol. The second-order valence-electron chi connectivity index (χ2n) is 2.32. The van der Waals surface area contributed by atoms with E-state index in [1.165, 1.54) is 0 Å². The van der Waals surface area contributed by atoms with Gasteiger partial charge >= 0.3 is 0 Å². The van der Waals surface area contributed by atoms with E-state index < -0.39 is 0 Å². The standard InChI is InChI=1S/C8H12N3O/c1-6(9)10-7-4-3-5-8(11-7)12-2/h3-6H,1,9H2,2H3,(H,10,11). The number of hydrogen-bond donors (Lipinski definition) is 2. The van der Waals surface area contributed by atoms with Crippen molar-refractivity contribution in [3.63, 3.8) is 0 Å². The first-order valence-corrected chi connectivity index (χ1v) is 3.58. The Morgan fingerprint density at radius 2 is 2.42 bits per heavy atom. The van der Waals surface area contributed by atoms with Gasteiger partial charge in [0.25, 0.3) is 0 Å². The zero-order valence-corrected chi connectivity index (χ0v) is 6.95. The molecule has 0 amide bonds. The summed E-state index contributed by atoms with van der Waals surface area (Å²) in [7, 11) is 1.57. The molecule has 1 radical (unpaired) electrons. The molecule has 0 aromatic carbocycles. The summed E-state index contributed by atoms with van der Waals surface area (Å²) in [5.41, 5.74) is 5.41. The first-order chi connectivity index (χ1) is 5.72. The van der Waals surface area contributed by atoms with E-state index in [0.29, 0.717) is 11.7 Å². The molecule has 0 aliphatic carbocycles. The summed E-state index contributed by atoms with van der Waals surface area (Å²) >= 11 is 0. The van der Waals surface area contributed by atoms with Gasteiger partial charge in [-0.2, -0.15) is 4.98 Å². The van der Waals surface area contributed by atoms with Gasteiger partial charge < -0.3 is 15.8 Å². The number of ether oxygens (including phenoxy) is 1. The van der Waals surface area contributed by atoms with Gasteiger partial charge in [-0.15, -0.1) is 0 Å². The van der Waals surface area contributed by atoms with Crippen molar-refractivity contribution in [1.29, 1.82) is 0 Å². The highest BCUT2D eigenvalue weighted by atomic mass is 16.5. The third-order valence-corrected chi connectivity index (χ3v) is 1.27. The van der Waals surface area contributed by atoms with Crippen LogP contribution in [0.3, 0.4) is 0 Å². The van der Waals surface area contributed by atoms with Crippen LogP contribution in [-0.4, -0.2) is 18.3 Å². The molecule has 12 heavy (non-hydrogen) atoms. The van der Waals surface area contributed by atoms with Crippen LogP contribution in [0.4, 0.5) is 5.82 Å². The van der Waals surface area contributed by atoms with Crippen molar-refractivity contribution >= 4 is 5.82 Å². The fourth-order valence-electron chi connectivity index (χ4n) is 0.799. The highest BCUT2D eigenvalue weighted by molar-refractivity contribution is 5.37. The lowest BCUT2D eigenvalue weighted by Crippen LogP contribution is -2.26. The predicted molar refractivity (Wildman–Crippen MR) is 47.7 cm³/mol. The van der Waals surface area contributed by atoms with Crippen molar-refractivity contribution in [2.75, 3.05) is 12.4 Å². The van der Waals surface area contributed by atoms with Crippen molar-refractivity contribution in [2.45, 2.75) is 6.17 Å². The lowest BCUT2D eigenvalue weighted by Gasteiger charge is -2.08. The van der Waals surface area contributed by atoms with Crippen LogP contribution in [0.5, 0.6) is 5.88 Å². The van der Waals surface area contributed by atoms with Gasteiger partial charge in [0.1, 0.15) is 5.82 Å². The van der Waals surface area contributed by atoms with Crippen molar-refractivity contribution in [1.82, 2.24) is 4.98 Å². The minimum Gasteiger partial charge on any atom is -0.481 e. The molecular formula is C8H12N3O. The number of nitrogens with zero attached hydrogens (tertiary/aromatic N) is 1. The number of rotatable bonds is 3. The Kier molecular flexibility index (Phi) is 2.88. The van der Waals surface area contributed by atoms with Gasteiger partial charge in [0, 0.05) is 6.07 Å². The zero-order chi connectivity index (χ0) is 8.97. The summed E-state index contributed by atoms with van der Waals surface area (Å²) in [6.07, 6.45) is -0.357. The molecule has 0 fully saturated rings. The van der Waals surface area contributed by atoms with Gasteiger partial charge in [-0.1, -0.05) is 6.07 Å². The quantitative estimate of drug-likeness (QED) is 0.646. The van der Waals surface area contributed by atoms with Gasteiger partial charge in [-0.05, 0) is 13.0 Å². The fourth-order valence-corrected chi connectivity index (χ4v) is 0.799. The number of nitrogens with two attached hydrogens (primary N) is 1. The van der Waals surface area contributed by atoms with Crippen LogP contribution < -0.4 is 15.8 Å². The van der Waals surface area contributed by atoms with E-state index >= 15 is 0 Å².